The third kappa shape index (κ3) is 13.0. The summed E-state index contributed by atoms with van der Waals surface area (Å²) >= 11 is 0. The van der Waals surface area contributed by atoms with E-state index < -0.39 is 9.05 Å². The minimum atomic E-state index is -3.55. The highest BCUT2D eigenvalue weighted by Gasteiger charge is 2.15. The Balaban J connectivity index is 0.000000126. The standard InChI is InChI=1S/C25H20N2.C17H12N2.C11H8O.C7H7ClO2S.C6H8N2/c1-18-13-15-19(16-14-18)17-27-24-12-5-4-11-23(24)26-25(27)22-10-6-8-20-7-2-3-9-21(20)22;1-2-8-13-12(6-1)7-5-9-14(13)17-18-15-10-3-4-11-16(15)19-17;12-8-10-6-3-5-9-4-1-2-7-11(9)10;1-6-2-4-7(5-3-6)11(8,9)10;7-5-3-1-2-4-6(5)8/h2-16H,17H2,1H3;1-11H,(H,18,19);1-8H;2-5H,1H3;1-4H,7-8H2. The number of hydrogen-bond donors (Lipinski definition) is 3. The first-order chi connectivity index (χ1) is 37.4. The van der Waals surface area contributed by atoms with Gasteiger partial charge in [0.15, 0.2) is 6.29 Å². The van der Waals surface area contributed by atoms with Crippen LogP contribution < -0.4 is 11.5 Å². The number of nitrogen functional groups attached to an aromatic ring is 2. The maximum atomic E-state index is 10.7. The quantitative estimate of drug-likeness (QED) is 0.0852. The van der Waals surface area contributed by atoms with Crippen molar-refractivity contribution in [3.05, 3.63) is 271 Å². The second-order valence-electron chi connectivity index (χ2n) is 18.2. The van der Waals surface area contributed by atoms with Crippen molar-refractivity contribution >= 4 is 91.8 Å². The van der Waals surface area contributed by atoms with Gasteiger partial charge in [-0.2, -0.15) is 0 Å². The van der Waals surface area contributed by atoms with Crippen molar-refractivity contribution in [2.75, 3.05) is 11.5 Å². The molecule has 11 heteroatoms. The predicted octanol–water partition coefficient (Wildman–Crippen LogP) is 16.0. The molecule has 0 unspecified atom stereocenters. The second-order valence-corrected chi connectivity index (χ2v) is 20.8. The molecular weight excluding hydrogens is 992 g/mol. The summed E-state index contributed by atoms with van der Waals surface area (Å²) < 4.78 is 23.8. The predicted molar refractivity (Wildman–Crippen MR) is 321 cm³/mol. The number of hydrogen-bond acceptors (Lipinski definition) is 7. The minimum absolute atomic E-state index is 0.143. The minimum Gasteiger partial charge on any atom is -0.397 e. The van der Waals surface area contributed by atoms with E-state index in [1.165, 1.54) is 55.9 Å². The number of halogens is 1. The lowest BCUT2D eigenvalue weighted by Crippen LogP contribution is -2.02. The van der Waals surface area contributed by atoms with E-state index in [0.29, 0.717) is 11.4 Å². The van der Waals surface area contributed by atoms with Crippen molar-refractivity contribution < 1.29 is 13.2 Å². The van der Waals surface area contributed by atoms with Crippen LogP contribution in [-0.4, -0.2) is 34.2 Å². The van der Waals surface area contributed by atoms with Crippen molar-refractivity contribution in [1.82, 2.24) is 19.5 Å². The molecule has 13 rings (SSSR count). The molecule has 0 aliphatic heterocycles. The van der Waals surface area contributed by atoms with E-state index in [1.54, 1.807) is 24.3 Å². The molecular formula is C66H55ClN6O3S. The molecule has 0 bridgehead atoms. The zero-order valence-corrected chi connectivity index (χ0v) is 44.0. The van der Waals surface area contributed by atoms with Gasteiger partial charge >= 0.3 is 0 Å². The Morgan fingerprint density at radius 3 is 1.55 bits per heavy atom. The Hall–Kier alpha value is -9.35. The first kappa shape index (κ1) is 52.5. The first-order valence-electron chi connectivity index (χ1n) is 24.9. The van der Waals surface area contributed by atoms with Gasteiger partial charge in [-0.25, -0.2) is 18.4 Å². The highest BCUT2D eigenvalue weighted by Crippen LogP contribution is 2.32. The van der Waals surface area contributed by atoms with Crippen molar-refractivity contribution in [3.63, 3.8) is 0 Å². The Kier molecular flexibility index (Phi) is 16.6. The molecule has 9 nitrogen and oxygen atoms in total. The summed E-state index contributed by atoms with van der Waals surface area (Å²) in [5.41, 5.74) is 23.0. The van der Waals surface area contributed by atoms with E-state index in [0.717, 1.165) is 68.5 Å². The fraction of sp³-hybridized carbons (Fsp3) is 0.0455. The molecule has 0 saturated carbocycles. The summed E-state index contributed by atoms with van der Waals surface area (Å²) in [7, 11) is 1.54. The second kappa shape index (κ2) is 24.3. The van der Waals surface area contributed by atoms with Gasteiger partial charge in [-0.1, -0.05) is 211 Å². The number of aromatic nitrogens is 4. The number of nitrogens with one attached hydrogen (secondary N) is 1. The largest absolute Gasteiger partial charge is 0.397 e. The van der Waals surface area contributed by atoms with E-state index >= 15 is 0 Å². The van der Waals surface area contributed by atoms with Gasteiger partial charge in [-0.05, 0) is 100 Å². The number of para-hydroxylation sites is 6. The van der Waals surface area contributed by atoms with Crippen molar-refractivity contribution in [3.8, 4) is 22.8 Å². The molecule has 13 aromatic rings. The molecule has 0 radical (unpaired) electrons. The Morgan fingerprint density at radius 1 is 0.494 bits per heavy atom. The van der Waals surface area contributed by atoms with Gasteiger partial charge in [0.05, 0.1) is 38.3 Å². The van der Waals surface area contributed by atoms with Crippen molar-refractivity contribution in [2.45, 2.75) is 25.3 Å². The third-order valence-electron chi connectivity index (χ3n) is 12.8. The third-order valence-corrected chi connectivity index (χ3v) is 14.2. The lowest BCUT2D eigenvalue weighted by Gasteiger charge is -2.12. The van der Waals surface area contributed by atoms with Gasteiger partial charge in [-0.15, -0.1) is 0 Å². The lowest BCUT2D eigenvalue weighted by molar-refractivity contribution is 0.112. The average molecular weight is 1050 g/mol. The zero-order valence-electron chi connectivity index (χ0n) is 42.5. The lowest BCUT2D eigenvalue weighted by atomic mass is 10.0. The number of aryl methyl sites for hydroxylation is 2. The van der Waals surface area contributed by atoms with Crippen LogP contribution in [0.2, 0.25) is 0 Å². The molecule has 0 amide bonds. The van der Waals surface area contributed by atoms with Crippen LogP contribution in [0.25, 0.3) is 77.2 Å². The molecule has 0 spiro atoms. The number of benzene rings is 11. The fourth-order valence-corrected chi connectivity index (χ4v) is 9.58. The first-order valence-corrected chi connectivity index (χ1v) is 27.2. The van der Waals surface area contributed by atoms with E-state index in [4.69, 9.17) is 27.1 Å². The monoisotopic (exact) mass is 1050 g/mol. The topological polar surface area (TPSA) is 150 Å². The number of carbonyl (C=O) groups excluding carboxylic acids is 1. The summed E-state index contributed by atoms with van der Waals surface area (Å²) in [4.78, 5) is 23.8. The summed E-state index contributed by atoms with van der Waals surface area (Å²) in [6.07, 6.45) is 0.891. The number of nitrogens with zero attached hydrogens (tertiary/aromatic N) is 3. The highest BCUT2D eigenvalue weighted by atomic mass is 35.7. The molecule has 0 aliphatic carbocycles. The van der Waals surface area contributed by atoms with Crippen LogP contribution in [0.1, 0.15) is 27.0 Å². The number of H-pyrrole nitrogens is 1. The number of fused-ring (bicyclic) bond motifs is 5. The van der Waals surface area contributed by atoms with E-state index in [1.807, 2.05) is 79.7 Å². The van der Waals surface area contributed by atoms with Crippen LogP contribution in [0, 0.1) is 13.8 Å². The Labute approximate surface area is 452 Å². The highest BCUT2D eigenvalue weighted by molar-refractivity contribution is 8.13. The molecule has 5 N–H and O–H groups in total. The van der Waals surface area contributed by atoms with Crippen LogP contribution in [0.3, 0.4) is 0 Å². The van der Waals surface area contributed by atoms with Gasteiger partial charge in [0.25, 0.3) is 9.05 Å². The molecule has 11 aromatic carbocycles. The van der Waals surface area contributed by atoms with Gasteiger partial charge in [0.1, 0.15) is 11.6 Å². The number of nitrogens with two attached hydrogens (primary N) is 2. The summed E-state index contributed by atoms with van der Waals surface area (Å²) in [6, 6.07) is 82.2. The molecule has 2 aromatic heterocycles. The molecule has 380 valence electrons. The molecule has 0 saturated heterocycles. The van der Waals surface area contributed by atoms with Crippen molar-refractivity contribution in [2.24, 2.45) is 0 Å². The Bertz CT molecular complexity index is 4180. The number of rotatable bonds is 6. The summed E-state index contributed by atoms with van der Waals surface area (Å²) in [5, 5.41) is 7.08. The van der Waals surface area contributed by atoms with Crippen LogP contribution >= 0.6 is 10.7 Å². The van der Waals surface area contributed by atoms with E-state index in [2.05, 4.69) is 161 Å². The van der Waals surface area contributed by atoms with Gasteiger partial charge in [0, 0.05) is 33.9 Å². The van der Waals surface area contributed by atoms with Crippen LogP contribution in [0.15, 0.2) is 254 Å². The number of carbonyl (C=O) groups is 1. The van der Waals surface area contributed by atoms with E-state index in [-0.39, 0.29) is 4.90 Å². The van der Waals surface area contributed by atoms with Crippen LogP contribution in [0.5, 0.6) is 0 Å². The normalized spacial score (nSPS) is 10.8. The van der Waals surface area contributed by atoms with E-state index in [9.17, 15) is 13.2 Å². The molecule has 2 heterocycles. The smallest absolute Gasteiger partial charge is 0.261 e. The average Bonchev–Trinajstić information content (AvgIpc) is 4.10. The number of imidazole rings is 2. The number of aldehydes is 1. The SMILES string of the molecule is Cc1ccc(Cn2c(-c3cccc4ccccc34)nc3ccccc32)cc1.Cc1ccc(S(=O)(=O)Cl)cc1.Nc1ccccc1N.O=Cc1cccc2ccccc12.c1ccc2c(-c3nc4ccccc4[nH]3)cccc2c1. The molecule has 0 fully saturated rings. The van der Waals surface area contributed by atoms with Gasteiger partial charge in [0.2, 0.25) is 0 Å². The van der Waals surface area contributed by atoms with Crippen LogP contribution in [0.4, 0.5) is 11.4 Å². The van der Waals surface area contributed by atoms with Gasteiger partial charge < -0.3 is 21.0 Å². The van der Waals surface area contributed by atoms with Crippen LogP contribution in [-0.2, 0) is 15.6 Å². The zero-order chi connectivity index (χ0) is 53.7. The molecule has 0 aliphatic rings. The fourth-order valence-electron chi connectivity index (χ4n) is 8.81. The number of anilines is 2. The van der Waals surface area contributed by atoms with Crippen molar-refractivity contribution in [1.29, 1.82) is 0 Å². The number of aromatic amines is 1. The maximum Gasteiger partial charge on any atom is 0.261 e. The molecule has 77 heavy (non-hydrogen) atoms. The molecule has 0 atom stereocenters. The Morgan fingerprint density at radius 2 is 0.961 bits per heavy atom. The summed E-state index contributed by atoms with van der Waals surface area (Å²) in [6.45, 7) is 4.81. The van der Waals surface area contributed by atoms with Gasteiger partial charge in [-0.3, -0.25) is 4.79 Å². The maximum absolute atomic E-state index is 10.7. The summed E-state index contributed by atoms with van der Waals surface area (Å²) in [5.74, 6) is 1.95.